The van der Waals surface area contributed by atoms with Gasteiger partial charge in [-0.15, -0.1) is 11.3 Å². The zero-order valence-corrected chi connectivity index (χ0v) is 13.5. The number of ether oxygens (including phenoxy) is 1. The molecule has 0 saturated carbocycles. The molecule has 1 N–H and O–H groups in total. The number of hydrogen-bond acceptors (Lipinski definition) is 6. The van der Waals surface area contributed by atoms with Gasteiger partial charge >= 0.3 is 5.97 Å². The molecule has 0 radical (unpaired) electrons. The molecule has 3 heterocycles. The van der Waals surface area contributed by atoms with E-state index in [0.717, 1.165) is 4.88 Å². The van der Waals surface area contributed by atoms with Gasteiger partial charge in [-0.25, -0.2) is 9.78 Å². The number of furan rings is 1. The van der Waals surface area contributed by atoms with Gasteiger partial charge in [-0.2, -0.15) is 0 Å². The Hall–Kier alpha value is -2.19. The molecule has 1 aliphatic heterocycles. The summed E-state index contributed by atoms with van der Waals surface area (Å²) < 4.78 is 10.6. The highest BCUT2D eigenvalue weighted by atomic mass is 32.1. The molecule has 1 saturated heterocycles. The summed E-state index contributed by atoms with van der Waals surface area (Å²) in [6.45, 7) is 3.93. The van der Waals surface area contributed by atoms with E-state index in [4.69, 9.17) is 14.3 Å². The Bertz CT molecular complexity index is 724. The second-order valence-corrected chi connectivity index (χ2v) is 6.59. The molecule has 3 rings (SSSR count). The SMILES string of the molecule is Cc1sc(-c2ccco2)nc1C(=O)N1CC(C(=O)O)O[C@H](C)C1. The van der Waals surface area contributed by atoms with Crippen LogP contribution in [0.25, 0.3) is 10.8 Å². The summed E-state index contributed by atoms with van der Waals surface area (Å²) in [5, 5.41) is 9.75. The molecule has 122 valence electrons. The van der Waals surface area contributed by atoms with Crippen LogP contribution in [0.3, 0.4) is 0 Å². The van der Waals surface area contributed by atoms with E-state index < -0.39 is 12.1 Å². The molecule has 2 atom stereocenters. The number of carboxylic acids is 1. The molecular weight excluding hydrogens is 320 g/mol. The Balaban J connectivity index is 1.84. The zero-order valence-electron chi connectivity index (χ0n) is 12.7. The van der Waals surface area contributed by atoms with Gasteiger partial charge in [-0.05, 0) is 26.0 Å². The maximum Gasteiger partial charge on any atom is 0.334 e. The van der Waals surface area contributed by atoms with Crippen LogP contribution in [0.2, 0.25) is 0 Å². The van der Waals surface area contributed by atoms with Crippen LogP contribution in [0, 0.1) is 6.92 Å². The number of thiazole rings is 1. The quantitative estimate of drug-likeness (QED) is 0.922. The van der Waals surface area contributed by atoms with Gasteiger partial charge in [-0.3, -0.25) is 4.79 Å². The molecule has 8 heteroatoms. The highest BCUT2D eigenvalue weighted by molar-refractivity contribution is 7.15. The normalized spacial score (nSPS) is 21.4. The summed E-state index contributed by atoms with van der Waals surface area (Å²) in [6, 6.07) is 3.54. The van der Waals surface area contributed by atoms with E-state index in [1.165, 1.54) is 16.2 Å². The number of amides is 1. The number of aryl methyl sites for hydroxylation is 1. The van der Waals surface area contributed by atoms with Gasteiger partial charge in [-0.1, -0.05) is 0 Å². The number of hydrogen-bond donors (Lipinski definition) is 1. The van der Waals surface area contributed by atoms with Crippen molar-refractivity contribution >= 4 is 23.2 Å². The third kappa shape index (κ3) is 3.13. The first kappa shape index (κ1) is 15.7. The number of rotatable bonds is 3. The van der Waals surface area contributed by atoms with Crippen molar-refractivity contribution in [1.29, 1.82) is 0 Å². The lowest BCUT2D eigenvalue weighted by Crippen LogP contribution is -2.51. The van der Waals surface area contributed by atoms with Crippen molar-refractivity contribution in [2.75, 3.05) is 13.1 Å². The minimum absolute atomic E-state index is 0.0194. The Morgan fingerprint density at radius 1 is 1.43 bits per heavy atom. The lowest BCUT2D eigenvalue weighted by Gasteiger charge is -2.34. The lowest BCUT2D eigenvalue weighted by molar-refractivity contribution is -0.160. The summed E-state index contributed by atoms with van der Waals surface area (Å²) in [4.78, 5) is 30.5. The smallest absolute Gasteiger partial charge is 0.334 e. The van der Waals surface area contributed by atoms with E-state index >= 15 is 0 Å². The van der Waals surface area contributed by atoms with Crippen molar-refractivity contribution in [3.8, 4) is 10.8 Å². The monoisotopic (exact) mass is 336 g/mol. The van der Waals surface area contributed by atoms with Gasteiger partial charge in [0.2, 0.25) is 0 Å². The maximum absolute atomic E-state index is 12.7. The third-order valence-corrected chi connectivity index (χ3v) is 4.54. The van der Waals surface area contributed by atoms with E-state index in [1.807, 2.05) is 6.92 Å². The first-order valence-electron chi connectivity index (χ1n) is 7.14. The first-order chi connectivity index (χ1) is 11.0. The van der Waals surface area contributed by atoms with Crippen LogP contribution in [-0.2, 0) is 9.53 Å². The largest absolute Gasteiger partial charge is 0.479 e. The van der Waals surface area contributed by atoms with Crippen molar-refractivity contribution in [3.63, 3.8) is 0 Å². The number of aliphatic carboxylic acids is 1. The van der Waals surface area contributed by atoms with E-state index in [9.17, 15) is 9.59 Å². The Kier molecular flexibility index (Phi) is 4.18. The summed E-state index contributed by atoms with van der Waals surface area (Å²) in [5.41, 5.74) is 0.333. The van der Waals surface area contributed by atoms with E-state index in [-0.39, 0.29) is 18.6 Å². The van der Waals surface area contributed by atoms with Gasteiger partial charge in [0.25, 0.3) is 5.91 Å². The van der Waals surface area contributed by atoms with Crippen molar-refractivity contribution in [2.24, 2.45) is 0 Å². The Labute approximate surface area is 136 Å². The predicted octanol–water partition coefficient (Wildman–Crippen LogP) is 2.03. The molecule has 0 aromatic carbocycles. The van der Waals surface area contributed by atoms with Crippen LogP contribution in [0.5, 0.6) is 0 Å². The molecule has 0 bridgehead atoms. The predicted molar refractivity (Wildman–Crippen MR) is 82.4 cm³/mol. The molecule has 1 aliphatic rings. The minimum atomic E-state index is -1.07. The second kappa shape index (κ2) is 6.13. The summed E-state index contributed by atoms with van der Waals surface area (Å²) in [6.07, 6.45) is 0.206. The number of nitrogens with zero attached hydrogens (tertiary/aromatic N) is 2. The van der Waals surface area contributed by atoms with Gasteiger partial charge in [0, 0.05) is 11.4 Å². The summed E-state index contributed by atoms with van der Waals surface area (Å²) >= 11 is 1.37. The number of carboxylic acid groups (broad SMARTS) is 1. The van der Waals surface area contributed by atoms with Gasteiger partial charge in [0.05, 0.1) is 18.9 Å². The summed E-state index contributed by atoms with van der Waals surface area (Å²) in [5.74, 6) is -0.741. The van der Waals surface area contributed by atoms with E-state index in [2.05, 4.69) is 4.98 Å². The maximum atomic E-state index is 12.7. The molecule has 23 heavy (non-hydrogen) atoms. The fraction of sp³-hybridized carbons (Fsp3) is 0.400. The van der Waals surface area contributed by atoms with Gasteiger partial charge < -0.3 is 19.2 Å². The standard InChI is InChI=1S/C15H16N2O5S/c1-8-6-17(7-11(22-8)15(19)20)14(18)12-9(2)23-13(16-12)10-4-3-5-21-10/h3-5,8,11H,6-7H2,1-2H3,(H,19,20)/t8-,11?/m1/s1. The second-order valence-electron chi connectivity index (χ2n) is 5.38. The number of carbonyl (C=O) groups excluding carboxylic acids is 1. The molecule has 7 nitrogen and oxygen atoms in total. The summed E-state index contributed by atoms with van der Waals surface area (Å²) in [7, 11) is 0. The molecule has 0 aliphatic carbocycles. The zero-order chi connectivity index (χ0) is 16.6. The Morgan fingerprint density at radius 2 is 2.22 bits per heavy atom. The molecule has 2 aromatic rings. The molecular formula is C15H16N2O5S. The Morgan fingerprint density at radius 3 is 2.87 bits per heavy atom. The number of morpholine rings is 1. The highest BCUT2D eigenvalue weighted by Crippen LogP contribution is 2.29. The van der Waals surface area contributed by atoms with Crippen LogP contribution >= 0.6 is 11.3 Å². The van der Waals surface area contributed by atoms with Crippen molar-refractivity contribution in [2.45, 2.75) is 26.1 Å². The van der Waals surface area contributed by atoms with Gasteiger partial charge in [0.1, 0.15) is 5.69 Å². The molecule has 0 spiro atoms. The molecule has 2 aromatic heterocycles. The average molecular weight is 336 g/mol. The van der Waals surface area contributed by atoms with Gasteiger partial charge in [0.15, 0.2) is 16.9 Å². The average Bonchev–Trinajstić information content (AvgIpc) is 3.15. The third-order valence-electron chi connectivity index (χ3n) is 3.55. The van der Waals surface area contributed by atoms with E-state index in [1.54, 1.807) is 25.3 Å². The number of carbonyl (C=O) groups is 2. The highest BCUT2D eigenvalue weighted by Gasteiger charge is 2.34. The van der Waals surface area contributed by atoms with Crippen LogP contribution in [0.15, 0.2) is 22.8 Å². The lowest BCUT2D eigenvalue weighted by atomic mass is 10.2. The first-order valence-corrected chi connectivity index (χ1v) is 7.96. The van der Waals surface area contributed by atoms with E-state index in [0.29, 0.717) is 23.0 Å². The van der Waals surface area contributed by atoms with Crippen LogP contribution < -0.4 is 0 Å². The fourth-order valence-corrected chi connectivity index (χ4v) is 3.38. The molecule has 1 unspecified atom stereocenters. The fourth-order valence-electron chi connectivity index (χ4n) is 2.50. The van der Waals surface area contributed by atoms with Crippen molar-refractivity contribution in [3.05, 3.63) is 29.0 Å². The van der Waals surface area contributed by atoms with Crippen LogP contribution in [0.4, 0.5) is 0 Å². The van der Waals surface area contributed by atoms with Crippen molar-refractivity contribution < 1.29 is 23.8 Å². The molecule has 1 fully saturated rings. The van der Waals surface area contributed by atoms with Crippen LogP contribution in [-0.4, -0.2) is 52.2 Å². The number of aromatic nitrogens is 1. The minimum Gasteiger partial charge on any atom is -0.479 e. The van der Waals surface area contributed by atoms with Crippen molar-refractivity contribution in [1.82, 2.24) is 9.88 Å². The van der Waals surface area contributed by atoms with Crippen LogP contribution in [0.1, 0.15) is 22.3 Å². The molecule has 1 amide bonds. The topological polar surface area (TPSA) is 92.9 Å².